The maximum atomic E-state index is 14.9. The second kappa shape index (κ2) is 16.0. The summed E-state index contributed by atoms with van der Waals surface area (Å²) in [5, 5.41) is -0.541. The Labute approximate surface area is 272 Å². The van der Waals surface area contributed by atoms with Crippen LogP contribution in [0, 0.1) is 0 Å². The van der Waals surface area contributed by atoms with Crippen molar-refractivity contribution in [3.8, 4) is 0 Å². The zero-order valence-corrected chi connectivity index (χ0v) is 26.1. The standard InChI is InChI=1S/C18H20Cl4F14O11/c1-9(2,3)42-14(30,31)15(32,33)45-16(47-37,46-17(38-4,40-7-24)13(27,28)29)10(19,20)43-12(22,44-18(34,35)36)11(21,39-6-5-23)41-8(25)26/h8,37H,5-7H2,1-4H3. The molecule has 0 aliphatic carbocycles. The normalized spacial score (nSPS) is 19.7. The Bertz CT molecular complexity index is 994. The van der Waals surface area contributed by atoms with Crippen molar-refractivity contribution < 1.29 is 114 Å². The van der Waals surface area contributed by atoms with E-state index in [-0.39, 0.29) is 7.11 Å². The van der Waals surface area contributed by atoms with E-state index in [0.29, 0.717) is 20.8 Å². The van der Waals surface area contributed by atoms with Gasteiger partial charge in [0.25, 0.3) is 0 Å². The third kappa shape index (κ3) is 11.9. The highest BCUT2D eigenvalue weighted by Crippen LogP contribution is 2.56. The molecule has 0 aromatic rings. The molecule has 0 rings (SSSR count). The molecule has 284 valence electrons. The first-order valence-electron chi connectivity index (χ1n) is 11.1. The van der Waals surface area contributed by atoms with Crippen LogP contribution < -0.4 is 0 Å². The predicted octanol–water partition coefficient (Wildman–Crippen LogP) is 7.66. The molecule has 0 amide bonds. The van der Waals surface area contributed by atoms with Crippen LogP contribution in [0.1, 0.15) is 20.8 Å². The molecule has 11 nitrogen and oxygen atoms in total. The maximum Gasteiger partial charge on any atom is 0.526 e. The van der Waals surface area contributed by atoms with Crippen LogP contribution in [0.4, 0.5) is 61.5 Å². The summed E-state index contributed by atoms with van der Waals surface area (Å²) in [6.07, 6.45) is -25.7. The molecule has 0 fully saturated rings. The number of hydrogen-bond donors (Lipinski definition) is 1. The molecule has 1 N–H and O–H groups in total. The Hall–Kier alpha value is -0.260. The van der Waals surface area contributed by atoms with Crippen molar-refractivity contribution in [3.63, 3.8) is 0 Å². The van der Waals surface area contributed by atoms with Crippen molar-refractivity contribution in [1.29, 1.82) is 0 Å². The van der Waals surface area contributed by atoms with Gasteiger partial charge in [-0.05, 0) is 44.0 Å². The van der Waals surface area contributed by atoms with E-state index in [4.69, 9.17) is 46.4 Å². The van der Waals surface area contributed by atoms with Crippen molar-refractivity contribution in [2.24, 2.45) is 0 Å². The van der Waals surface area contributed by atoms with E-state index in [1.54, 1.807) is 0 Å². The lowest BCUT2D eigenvalue weighted by Gasteiger charge is -2.48. The van der Waals surface area contributed by atoms with Crippen molar-refractivity contribution in [2.75, 3.05) is 27.3 Å². The smallest absolute Gasteiger partial charge is 0.329 e. The Balaban J connectivity index is 7.90. The van der Waals surface area contributed by atoms with E-state index < -0.39 is 84.1 Å². The number of alkyl halides is 18. The summed E-state index contributed by atoms with van der Waals surface area (Å²) in [6, 6.07) is 0. The highest BCUT2D eigenvalue weighted by atomic mass is 35.5. The predicted molar refractivity (Wildman–Crippen MR) is 121 cm³/mol. The van der Waals surface area contributed by atoms with E-state index in [1.807, 2.05) is 0 Å². The van der Waals surface area contributed by atoms with Crippen molar-refractivity contribution in [3.05, 3.63) is 0 Å². The van der Waals surface area contributed by atoms with Crippen LogP contribution >= 0.6 is 46.4 Å². The molecule has 4 atom stereocenters. The quantitative estimate of drug-likeness (QED) is 0.0430. The van der Waals surface area contributed by atoms with E-state index in [1.165, 1.54) is 0 Å². The van der Waals surface area contributed by atoms with E-state index in [2.05, 4.69) is 47.5 Å². The van der Waals surface area contributed by atoms with E-state index in [9.17, 15) is 66.7 Å². The molecule has 0 aliphatic heterocycles. The lowest BCUT2D eigenvalue weighted by molar-refractivity contribution is -0.638. The SMILES string of the molecule is COC(OCF)(OC(OO)(OC(F)(F)C(F)(F)OC(C)(C)C)C(Cl)(Cl)OC(Cl)(OC(F)(F)F)C(Cl)(OCCF)OC(F)F)C(F)(F)F. The second-order valence-corrected chi connectivity index (χ2v) is 11.0. The molecule has 0 spiro atoms. The second-order valence-electron chi connectivity index (χ2n) is 8.77. The van der Waals surface area contributed by atoms with Crippen LogP contribution in [0.5, 0.6) is 0 Å². The Morgan fingerprint density at radius 2 is 1.15 bits per heavy atom. The first-order chi connectivity index (χ1) is 20.7. The topological polar surface area (TPSA) is 113 Å². The molecule has 0 aliphatic rings. The fourth-order valence-corrected chi connectivity index (χ4v) is 3.57. The van der Waals surface area contributed by atoms with Gasteiger partial charge < -0.3 is 14.2 Å². The van der Waals surface area contributed by atoms with Crippen LogP contribution in [-0.2, 0) is 47.5 Å². The number of hydrogen-bond acceptors (Lipinski definition) is 11. The van der Waals surface area contributed by atoms with E-state index in [0.717, 1.165) is 0 Å². The Kier molecular flexibility index (Phi) is 15.9. The first kappa shape index (κ1) is 46.7. The van der Waals surface area contributed by atoms with Crippen LogP contribution in [0.15, 0.2) is 0 Å². The number of methoxy groups -OCH3 is 1. The number of rotatable bonds is 20. The lowest BCUT2D eigenvalue weighted by Crippen LogP contribution is -2.69. The molecule has 0 bridgehead atoms. The molecule has 4 unspecified atom stereocenters. The fraction of sp³-hybridized carbons (Fsp3) is 1.00. The lowest BCUT2D eigenvalue weighted by atomic mass is 10.2. The number of ether oxygens (including phenoxy) is 9. The van der Waals surface area contributed by atoms with Crippen LogP contribution in [0.3, 0.4) is 0 Å². The molecule has 0 aromatic heterocycles. The van der Waals surface area contributed by atoms with Gasteiger partial charge in [-0.2, -0.15) is 44.4 Å². The molecule has 47 heavy (non-hydrogen) atoms. The van der Waals surface area contributed by atoms with Gasteiger partial charge in [-0.3, -0.25) is 18.9 Å². The summed E-state index contributed by atoms with van der Waals surface area (Å²) in [6.45, 7) is -8.80. The van der Waals surface area contributed by atoms with Gasteiger partial charge in [0.1, 0.15) is 6.67 Å². The van der Waals surface area contributed by atoms with Crippen LogP contribution in [0.2, 0.25) is 0 Å². The summed E-state index contributed by atoms with van der Waals surface area (Å²) in [7, 11) is -0.171. The average molecular weight is 820 g/mol. The third-order valence-corrected chi connectivity index (χ3v) is 5.67. The maximum absolute atomic E-state index is 14.9. The van der Waals surface area contributed by atoms with Gasteiger partial charge in [-0.25, -0.2) is 23.5 Å². The van der Waals surface area contributed by atoms with Crippen molar-refractivity contribution in [2.45, 2.75) is 84.7 Å². The monoisotopic (exact) mass is 818 g/mol. The van der Waals surface area contributed by atoms with Crippen LogP contribution in [0.25, 0.3) is 0 Å². The minimum Gasteiger partial charge on any atom is -0.329 e. The van der Waals surface area contributed by atoms with Crippen molar-refractivity contribution >= 4 is 46.4 Å². The zero-order chi connectivity index (χ0) is 37.8. The van der Waals surface area contributed by atoms with Crippen LogP contribution in [-0.4, -0.2) is 96.4 Å². The zero-order valence-electron chi connectivity index (χ0n) is 23.0. The summed E-state index contributed by atoms with van der Waals surface area (Å²) >= 11 is 21.5. The van der Waals surface area contributed by atoms with Gasteiger partial charge in [0.15, 0.2) is 6.86 Å². The molecule has 0 aromatic carbocycles. The summed E-state index contributed by atoms with van der Waals surface area (Å²) in [5.41, 5.74) is -2.33. The van der Waals surface area contributed by atoms with E-state index >= 15 is 0 Å². The summed E-state index contributed by atoms with van der Waals surface area (Å²) in [5.74, 6) is -11.2. The molecule has 0 heterocycles. The molecule has 0 radical (unpaired) electrons. The molecule has 0 saturated carbocycles. The van der Waals surface area contributed by atoms with Gasteiger partial charge in [0, 0.05) is 7.11 Å². The van der Waals surface area contributed by atoms with Gasteiger partial charge >= 0.3 is 58.3 Å². The van der Waals surface area contributed by atoms with Gasteiger partial charge in [-0.1, -0.05) is 23.2 Å². The highest BCUT2D eigenvalue weighted by molar-refractivity contribution is 6.48. The average Bonchev–Trinajstić information content (AvgIpc) is 2.82. The third-order valence-electron chi connectivity index (χ3n) is 4.11. The highest BCUT2D eigenvalue weighted by Gasteiger charge is 2.78. The summed E-state index contributed by atoms with van der Waals surface area (Å²) in [4.78, 5) is 3.10. The van der Waals surface area contributed by atoms with Gasteiger partial charge in [0.05, 0.1) is 12.2 Å². The summed E-state index contributed by atoms with van der Waals surface area (Å²) < 4.78 is 220. The van der Waals surface area contributed by atoms with Gasteiger partial charge in [-0.15, -0.1) is 13.2 Å². The Morgan fingerprint density at radius 1 is 0.660 bits per heavy atom. The largest absolute Gasteiger partial charge is 0.526 e. The first-order valence-corrected chi connectivity index (χ1v) is 12.6. The molecule has 29 heteroatoms. The Morgan fingerprint density at radius 3 is 1.49 bits per heavy atom. The molecular formula is C18H20Cl4F14O11. The van der Waals surface area contributed by atoms with Crippen molar-refractivity contribution in [1.82, 2.24) is 0 Å². The van der Waals surface area contributed by atoms with Gasteiger partial charge in [0.2, 0.25) is 0 Å². The minimum atomic E-state index is -6.65. The molecular weight excluding hydrogens is 800 g/mol. The number of halogens is 18. The molecule has 0 saturated heterocycles. The minimum absolute atomic E-state index is 0.171. The fourth-order valence-electron chi connectivity index (χ4n) is 2.53.